The molecule has 0 atom stereocenters. The Kier molecular flexibility index (Phi) is 6.53. The number of fused-ring (bicyclic) bond motifs is 1. The quantitative estimate of drug-likeness (QED) is 0.587. The first-order valence-corrected chi connectivity index (χ1v) is 10.9. The number of hydrogen-bond acceptors (Lipinski definition) is 6. The largest absolute Gasteiger partial charge is 0.507 e. The van der Waals surface area contributed by atoms with Gasteiger partial charge in [-0.25, -0.2) is 18.7 Å². The number of anilines is 1. The van der Waals surface area contributed by atoms with E-state index in [4.69, 9.17) is 11.6 Å². The van der Waals surface area contributed by atoms with Crippen molar-refractivity contribution >= 4 is 34.1 Å². The number of phenols is 1. The molecule has 1 aromatic heterocycles. The second kappa shape index (κ2) is 9.34. The fourth-order valence-corrected chi connectivity index (χ4v) is 4.29. The zero-order valence-corrected chi connectivity index (χ0v) is 18.4. The Morgan fingerprint density at radius 1 is 1.16 bits per heavy atom. The van der Waals surface area contributed by atoms with E-state index in [9.17, 15) is 14.3 Å². The summed E-state index contributed by atoms with van der Waals surface area (Å²) < 4.78 is 29.9. The Morgan fingerprint density at radius 2 is 1.91 bits per heavy atom. The second-order valence-electron chi connectivity index (χ2n) is 7.75. The van der Waals surface area contributed by atoms with Crippen molar-refractivity contribution in [3.05, 3.63) is 47.2 Å². The molecule has 3 aromatic rings. The first kappa shape index (κ1) is 22.4. The van der Waals surface area contributed by atoms with Crippen LogP contribution in [0.2, 0.25) is 5.02 Å². The highest BCUT2D eigenvalue weighted by molar-refractivity contribution is 6.34. The van der Waals surface area contributed by atoms with Crippen LogP contribution in [0, 0.1) is 11.6 Å². The number of piperazine rings is 1. The van der Waals surface area contributed by atoms with Gasteiger partial charge in [-0.2, -0.15) is 0 Å². The molecule has 1 N–H and O–H groups in total. The Balaban J connectivity index is 1.65. The standard InChI is InChI=1S/C23H23ClF2N4O2/c1-2-14(31)6-7-29-8-10-30(11-9-29)23-15-12-16(24)19(21(26)22(15)27-13-28-23)20-17(25)4-3-5-18(20)32/h3-5,12-13,32H,2,6-11H2,1H3. The summed E-state index contributed by atoms with van der Waals surface area (Å²) in [5.74, 6) is -1.21. The van der Waals surface area contributed by atoms with Crippen LogP contribution in [-0.4, -0.2) is 58.5 Å². The minimum absolute atomic E-state index is 0.00743. The first-order valence-electron chi connectivity index (χ1n) is 10.5. The lowest BCUT2D eigenvalue weighted by atomic mass is 10.0. The summed E-state index contributed by atoms with van der Waals surface area (Å²) in [6.07, 6.45) is 2.36. The normalized spacial score (nSPS) is 14.8. The van der Waals surface area contributed by atoms with E-state index < -0.39 is 17.4 Å². The molecule has 2 heterocycles. The molecule has 1 fully saturated rings. The van der Waals surface area contributed by atoms with Crippen molar-refractivity contribution in [2.75, 3.05) is 37.6 Å². The Labute approximate surface area is 189 Å². The summed E-state index contributed by atoms with van der Waals surface area (Å²) in [7, 11) is 0. The lowest BCUT2D eigenvalue weighted by molar-refractivity contribution is -0.119. The van der Waals surface area contributed by atoms with Gasteiger partial charge in [-0.05, 0) is 18.2 Å². The van der Waals surface area contributed by atoms with Gasteiger partial charge in [0.05, 0.1) is 10.6 Å². The highest BCUT2D eigenvalue weighted by Crippen LogP contribution is 2.42. The van der Waals surface area contributed by atoms with Gasteiger partial charge in [0.15, 0.2) is 5.82 Å². The van der Waals surface area contributed by atoms with Crippen LogP contribution in [0.3, 0.4) is 0 Å². The van der Waals surface area contributed by atoms with E-state index in [0.717, 1.165) is 25.7 Å². The van der Waals surface area contributed by atoms with E-state index >= 15 is 4.39 Å². The zero-order valence-electron chi connectivity index (χ0n) is 17.6. The lowest BCUT2D eigenvalue weighted by Crippen LogP contribution is -2.47. The van der Waals surface area contributed by atoms with Gasteiger partial charge in [0, 0.05) is 56.5 Å². The van der Waals surface area contributed by atoms with E-state index in [1.807, 2.05) is 11.8 Å². The molecule has 4 rings (SSSR count). The second-order valence-corrected chi connectivity index (χ2v) is 8.15. The van der Waals surface area contributed by atoms with Crippen LogP contribution in [0.5, 0.6) is 5.75 Å². The van der Waals surface area contributed by atoms with Gasteiger partial charge in [0.1, 0.15) is 35.0 Å². The van der Waals surface area contributed by atoms with Crippen molar-refractivity contribution in [2.45, 2.75) is 19.8 Å². The fraction of sp³-hybridized carbons (Fsp3) is 0.348. The highest BCUT2D eigenvalue weighted by atomic mass is 35.5. The number of halogens is 3. The summed E-state index contributed by atoms with van der Waals surface area (Å²) >= 11 is 6.37. The molecule has 0 aliphatic carbocycles. The average molecular weight is 461 g/mol. The molecule has 0 radical (unpaired) electrons. The molecule has 168 valence electrons. The molecule has 1 aliphatic rings. The predicted octanol–water partition coefficient (Wildman–Crippen LogP) is 4.43. The molecule has 0 bridgehead atoms. The fourth-order valence-electron chi connectivity index (χ4n) is 4.00. The Morgan fingerprint density at radius 3 is 2.59 bits per heavy atom. The highest BCUT2D eigenvalue weighted by Gasteiger charge is 2.25. The maximum Gasteiger partial charge on any atom is 0.159 e. The number of aromatic nitrogens is 2. The van der Waals surface area contributed by atoms with Crippen molar-refractivity contribution in [1.82, 2.24) is 14.9 Å². The Bertz CT molecular complexity index is 1150. The molecule has 0 unspecified atom stereocenters. The number of carbonyl (C=O) groups is 1. The molecule has 0 amide bonds. The molecule has 0 saturated carbocycles. The first-order chi connectivity index (χ1) is 15.4. The van der Waals surface area contributed by atoms with Crippen LogP contribution >= 0.6 is 11.6 Å². The van der Waals surface area contributed by atoms with E-state index in [1.54, 1.807) is 0 Å². The summed E-state index contributed by atoms with van der Waals surface area (Å²) in [5.41, 5.74) is -0.523. The van der Waals surface area contributed by atoms with E-state index in [2.05, 4.69) is 14.9 Å². The smallest absolute Gasteiger partial charge is 0.159 e. The van der Waals surface area contributed by atoms with Crippen molar-refractivity contribution in [2.24, 2.45) is 0 Å². The number of rotatable bonds is 6. The molecule has 1 saturated heterocycles. The number of hydrogen-bond donors (Lipinski definition) is 1. The third-order valence-electron chi connectivity index (χ3n) is 5.81. The zero-order chi connectivity index (χ0) is 22.8. The summed E-state index contributed by atoms with van der Waals surface area (Å²) in [5, 5.41) is 10.5. The van der Waals surface area contributed by atoms with Gasteiger partial charge in [-0.1, -0.05) is 24.6 Å². The molecular weight excluding hydrogens is 438 g/mol. The number of Topliss-reactive ketones (excluding diaryl/α,β-unsaturated/α-hetero) is 1. The van der Waals surface area contributed by atoms with Gasteiger partial charge in [-0.3, -0.25) is 9.69 Å². The van der Waals surface area contributed by atoms with Gasteiger partial charge in [0.2, 0.25) is 0 Å². The van der Waals surface area contributed by atoms with Gasteiger partial charge < -0.3 is 10.0 Å². The topological polar surface area (TPSA) is 69.6 Å². The molecule has 9 heteroatoms. The van der Waals surface area contributed by atoms with E-state index in [0.29, 0.717) is 37.1 Å². The molecule has 6 nitrogen and oxygen atoms in total. The summed E-state index contributed by atoms with van der Waals surface area (Å²) in [4.78, 5) is 24.3. The maximum atomic E-state index is 15.5. The lowest BCUT2D eigenvalue weighted by Gasteiger charge is -2.35. The van der Waals surface area contributed by atoms with Crippen LogP contribution in [0.25, 0.3) is 22.0 Å². The monoisotopic (exact) mass is 460 g/mol. The third-order valence-corrected chi connectivity index (χ3v) is 6.11. The van der Waals surface area contributed by atoms with Gasteiger partial charge in [-0.15, -0.1) is 0 Å². The molecular formula is C23H23ClF2N4O2. The molecule has 0 spiro atoms. The van der Waals surface area contributed by atoms with Crippen LogP contribution in [-0.2, 0) is 4.79 Å². The number of benzene rings is 2. The molecule has 2 aromatic carbocycles. The van der Waals surface area contributed by atoms with Crippen LogP contribution < -0.4 is 4.90 Å². The van der Waals surface area contributed by atoms with Gasteiger partial charge in [0.25, 0.3) is 0 Å². The average Bonchev–Trinajstić information content (AvgIpc) is 2.79. The Hall–Kier alpha value is -2.84. The van der Waals surface area contributed by atoms with E-state index in [-0.39, 0.29) is 27.4 Å². The maximum absolute atomic E-state index is 15.5. The SMILES string of the molecule is CCC(=O)CCN1CCN(c2ncnc3c(F)c(-c4c(O)cccc4F)c(Cl)cc23)CC1. The van der Waals surface area contributed by atoms with Crippen LogP contribution in [0.1, 0.15) is 19.8 Å². The minimum atomic E-state index is -0.812. The summed E-state index contributed by atoms with van der Waals surface area (Å²) in [6.45, 7) is 5.40. The number of aromatic hydroxyl groups is 1. The third kappa shape index (κ3) is 4.25. The van der Waals surface area contributed by atoms with Crippen LogP contribution in [0.15, 0.2) is 30.6 Å². The number of ketones is 1. The number of carbonyl (C=O) groups excluding carboxylic acids is 1. The van der Waals surface area contributed by atoms with Crippen molar-refractivity contribution in [3.63, 3.8) is 0 Å². The number of phenolic OH excluding ortho intramolecular Hbond substituents is 1. The van der Waals surface area contributed by atoms with Gasteiger partial charge >= 0.3 is 0 Å². The van der Waals surface area contributed by atoms with Crippen molar-refractivity contribution in [1.29, 1.82) is 0 Å². The van der Waals surface area contributed by atoms with Crippen molar-refractivity contribution < 1.29 is 18.7 Å². The van der Waals surface area contributed by atoms with Crippen LogP contribution in [0.4, 0.5) is 14.6 Å². The summed E-state index contributed by atoms with van der Waals surface area (Å²) in [6, 6.07) is 5.26. The number of nitrogens with zero attached hydrogens (tertiary/aromatic N) is 4. The predicted molar refractivity (Wildman–Crippen MR) is 120 cm³/mol. The van der Waals surface area contributed by atoms with E-state index in [1.165, 1.54) is 24.5 Å². The molecule has 32 heavy (non-hydrogen) atoms. The van der Waals surface area contributed by atoms with Crippen molar-refractivity contribution in [3.8, 4) is 16.9 Å². The molecule has 1 aliphatic heterocycles. The minimum Gasteiger partial charge on any atom is -0.507 e.